The van der Waals surface area contributed by atoms with Gasteiger partial charge in [-0.05, 0) is 24.6 Å². The van der Waals surface area contributed by atoms with E-state index in [1.807, 2.05) is 36.5 Å². The molecule has 1 unspecified atom stereocenters. The third-order valence-electron chi connectivity index (χ3n) is 4.82. The summed E-state index contributed by atoms with van der Waals surface area (Å²) in [5, 5.41) is 8.78. The molecule has 0 bridgehead atoms. The first kappa shape index (κ1) is 18.9. The van der Waals surface area contributed by atoms with Crippen LogP contribution in [0.15, 0.2) is 59.6 Å². The van der Waals surface area contributed by atoms with Crippen LogP contribution in [0.1, 0.15) is 12.5 Å². The number of sulfonamides is 1. The van der Waals surface area contributed by atoms with Gasteiger partial charge in [-0.25, -0.2) is 13.1 Å². The molecule has 2 aromatic carbocycles. The van der Waals surface area contributed by atoms with Crippen molar-refractivity contribution in [1.29, 1.82) is 0 Å². The van der Waals surface area contributed by atoms with Crippen LogP contribution in [0.3, 0.4) is 0 Å². The Labute approximate surface area is 168 Å². The fraction of sp³-hybridized carbons (Fsp3) is 0.263. The Hall–Kier alpha value is -2.42. The number of ether oxygens (including phenoxy) is 1. The van der Waals surface area contributed by atoms with Gasteiger partial charge in [-0.3, -0.25) is 0 Å². The zero-order chi connectivity index (χ0) is 19.7. The maximum atomic E-state index is 13.1. The van der Waals surface area contributed by atoms with Crippen LogP contribution in [-0.2, 0) is 10.0 Å². The number of hydrogen-bond acceptors (Lipinski definition) is 5. The van der Waals surface area contributed by atoms with Gasteiger partial charge in [0.05, 0.1) is 19.3 Å². The first-order valence-electron chi connectivity index (χ1n) is 8.80. The lowest BCUT2D eigenvalue weighted by atomic mass is 10.2. The lowest BCUT2D eigenvalue weighted by molar-refractivity contribution is 0.395. The highest BCUT2D eigenvalue weighted by molar-refractivity contribution is 7.89. The number of hydrogen-bond donors (Lipinski definition) is 0. The minimum absolute atomic E-state index is 0.0757. The molecular formula is C19H19ClN4O3S. The zero-order valence-corrected chi connectivity index (χ0v) is 16.8. The Balaban J connectivity index is 1.56. The van der Waals surface area contributed by atoms with Gasteiger partial charge in [0.15, 0.2) is 0 Å². The van der Waals surface area contributed by atoms with Crippen molar-refractivity contribution in [1.82, 2.24) is 19.3 Å². The molecule has 146 valence electrons. The SMILES string of the molecule is COc1ccc(Cl)cc1S(=O)(=O)N1CCC(n2cc(-c3ccccc3)nn2)C1. The molecule has 28 heavy (non-hydrogen) atoms. The van der Waals surface area contributed by atoms with Crippen molar-refractivity contribution in [2.24, 2.45) is 0 Å². The van der Waals surface area contributed by atoms with Gasteiger partial charge in [-0.15, -0.1) is 5.10 Å². The standard InChI is InChI=1S/C19H19ClN4O3S/c1-27-18-8-7-15(20)11-19(18)28(25,26)23-10-9-16(12-23)24-13-17(21-22-24)14-5-3-2-4-6-14/h2-8,11,13,16H,9-10,12H2,1H3. The van der Waals surface area contributed by atoms with E-state index in [1.165, 1.54) is 17.5 Å². The second-order valence-electron chi connectivity index (χ2n) is 6.55. The van der Waals surface area contributed by atoms with Crippen LogP contribution in [-0.4, -0.2) is 47.9 Å². The molecule has 0 N–H and O–H groups in total. The number of rotatable bonds is 5. The van der Waals surface area contributed by atoms with Crippen LogP contribution < -0.4 is 4.74 Å². The predicted octanol–water partition coefficient (Wildman–Crippen LogP) is 3.24. The highest BCUT2D eigenvalue weighted by Gasteiger charge is 2.35. The third kappa shape index (κ3) is 3.50. The summed E-state index contributed by atoms with van der Waals surface area (Å²) in [5.41, 5.74) is 1.73. The number of halogens is 1. The molecular weight excluding hydrogens is 400 g/mol. The van der Waals surface area contributed by atoms with Gasteiger partial charge in [0, 0.05) is 23.7 Å². The molecule has 0 aliphatic carbocycles. The van der Waals surface area contributed by atoms with E-state index in [0.29, 0.717) is 24.5 Å². The highest BCUT2D eigenvalue weighted by Crippen LogP contribution is 2.33. The minimum atomic E-state index is -3.73. The Bertz CT molecular complexity index is 1090. The van der Waals surface area contributed by atoms with Crippen molar-refractivity contribution in [3.05, 3.63) is 59.8 Å². The molecule has 1 saturated heterocycles. The van der Waals surface area contributed by atoms with Crippen LogP contribution in [0.25, 0.3) is 11.3 Å². The fourth-order valence-corrected chi connectivity index (χ4v) is 5.24. The summed E-state index contributed by atoms with van der Waals surface area (Å²) in [7, 11) is -2.29. The van der Waals surface area contributed by atoms with Crippen LogP contribution in [0, 0.1) is 0 Å². The van der Waals surface area contributed by atoms with E-state index in [1.54, 1.807) is 16.8 Å². The summed E-state index contributed by atoms with van der Waals surface area (Å²) >= 11 is 6.01. The molecule has 7 nitrogen and oxygen atoms in total. The van der Waals surface area contributed by atoms with E-state index < -0.39 is 10.0 Å². The Morgan fingerprint density at radius 2 is 1.96 bits per heavy atom. The quantitative estimate of drug-likeness (QED) is 0.635. The van der Waals surface area contributed by atoms with Crippen molar-refractivity contribution in [3.8, 4) is 17.0 Å². The predicted molar refractivity (Wildman–Crippen MR) is 106 cm³/mol. The van der Waals surface area contributed by atoms with Crippen LogP contribution >= 0.6 is 11.6 Å². The van der Waals surface area contributed by atoms with Gasteiger partial charge in [0.25, 0.3) is 0 Å². The second-order valence-corrected chi connectivity index (χ2v) is 8.89. The molecule has 4 rings (SSSR count). The molecule has 1 aliphatic heterocycles. The molecule has 0 saturated carbocycles. The van der Waals surface area contributed by atoms with E-state index in [9.17, 15) is 8.42 Å². The van der Waals surface area contributed by atoms with Gasteiger partial charge >= 0.3 is 0 Å². The van der Waals surface area contributed by atoms with Crippen LogP contribution in [0.5, 0.6) is 5.75 Å². The van der Waals surface area contributed by atoms with Crippen molar-refractivity contribution < 1.29 is 13.2 Å². The van der Waals surface area contributed by atoms with Gasteiger partial charge in [-0.1, -0.05) is 47.1 Å². The molecule has 1 atom stereocenters. The molecule has 0 spiro atoms. The lowest BCUT2D eigenvalue weighted by Gasteiger charge is -2.18. The summed E-state index contributed by atoms with van der Waals surface area (Å²) in [6.07, 6.45) is 2.51. The maximum Gasteiger partial charge on any atom is 0.246 e. The monoisotopic (exact) mass is 418 g/mol. The van der Waals surface area contributed by atoms with E-state index in [-0.39, 0.29) is 16.7 Å². The first-order valence-corrected chi connectivity index (χ1v) is 10.6. The number of nitrogens with zero attached hydrogens (tertiary/aromatic N) is 4. The highest BCUT2D eigenvalue weighted by atomic mass is 35.5. The van der Waals surface area contributed by atoms with Crippen LogP contribution in [0.2, 0.25) is 5.02 Å². The zero-order valence-electron chi connectivity index (χ0n) is 15.2. The number of aromatic nitrogens is 3. The summed E-state index contributed by atoms with van der Waals surface area (Å²) in [6, 6.07) is 14.3. The Morgan fingerprint density at radius 3 is 2.71 bits per heavy atom. The van der Waals surface area contributed by atoms with Gasteiger partial charge in [-0.2, -0.15) is 4.31 Å². The molecule has 1 fully saturated rings. The Morgan fingerprint density at radius 1 is 1.18 bits per heavy atom. The minimum Gasteiger partial charge on any atom is -0.495 e. The summed E-state index contributed by atoms with van der Waals surface area (Å²) in [5.74, 6) is 0.278. The van der Waals surface area contributed by atoms with E-state index in [0.717, 1.165) is 11.3 Å². The Kier molecular flexibility index (Phi) is 5.09. The number of benzene rings is 2. The molecule has 9 heteroatoms. The summed E-state index contributed by atoms with van der Waals surface area (Å²) in [4.78, 5) is 0.0757. The van der Waals surface area contributed by atoms with Crippen molar-refractivity contribution in [2.45, 2.75) is 17.4 Å². The molecule has 0 radical (unpaired) electrons. The van der Waals surface area contributed by atoms with E-state index in [2.05, 4.69) is 10.3 Å². The maximum absolute atomic E-state index is 13.1. The van der Waals surface area contributed by atoms with Crippen LogP contribution in [0.4, 0.5) is 0 Å². The molecule has 1 aliphatic rings. The van der Waals surface area contributed by atoms with E-state index in [4.69, 9.17) is 16.3 Å². The average Bonchev–Trinajstić information content (AvgIpc) is 3.38. The van der Waals surface area contributed by atoms with E-state index >= 15 is 0 Å². The first-order chi connectivity index (χ1) is 13.5. The third-order valence-corrected chi connectivity index (χ3v) is 6.94. The van der Waals surface area contributed by atoms with Crippen molar-refractivity contribution >= 4 is 21.6 Å². The summed E-state index contributed by atoms with van der Waals surface area (Å²) in [6.45, 7) is 0.707. The molecule has 1 aromatic heterocycles. The number of methoxy groups -OCH3 is 1. The second kappa shape index (κ2) is 7.54. The average molecular weight is 419 g/mol. The molecule has 2 heterocycles. The lowest BCUT2D eigenvalue weighted by Crippen LogP contribution is -2.29. The van der Waals surface area contributed by atoms with Crippen molar-refractivity contribution in [3.63, 3.8) is 0 Å². The largest absolute Gasteiger partial charge is 0.495 e. The van der Waals surface area contributed by atoms with Gasteiger partial charge in [0.2, 0.25) is 10.0 Å². The topological polar surface area (TPSA) is 77.3 Å². The fourth-order valence-electron chi connectivity index (χ4n) is 3.33. The molecule has 0 amide bonds. The molecule has 3 aromatic rings. The smallest absolute Gasteiger partial charge is 0.246 e. The van der Waals surface area contributed by atoms with Gasteiger partial charge in [0.1, 0.15) is 16.3 Å². The van der Waals surface area contributed by atoms with Crippen molar-refractivity contribution in [2.75, 3.05) is 20.2 Å². The normalized spacial score (nSPS) is 17.7. The summed E-state index contributed by atoms with van der Waals surface area (Å²) < 4.78 is 34.6. The van der Waals surface area contributed by atoms with Gasteiger partial charge < -0.3 is 4.74 Å².